The number of imide groups is 1. The molecule has 1 aliphatic rings. The van der Waals surface area contributed by atoms with Crippen molar-refractivity contribution in [3.63, 3.8) is 0 Å². The standard InChI is InChI=1S/C12H19N3O3S/c1-13-14-10(16)6-4-3-5-7-15-11(17)8-9(19-2)12(15)18/h9H,1,3-8H2,2H3,(H,14,16)/i1D. The first-order valence-electron chi connectivity index (χ1n) is 6.73. The third kappa shape index (κ3) is 4.66. The number of carbonyl (C=O) groups excluding carboxylic acids is 3. The van der Waals surface area contributed by atoms with Crippen LogP contribution in [0.5, 0.6) is 0 Å². The second-order valence-corrected chi connectivity index (χ2v) is 5.33. The van der Waals surface area contributed by atoms with Crippen LogP contribution in [0.15, 0.2) is 5.10 Å². The number of hydrogen-bond donors (Lipinski definition) is 1. The summed E-state index contributed by atoms with van der Waals surface area (Å²) < 4.78 is 6.63. The topological polar surface area (TPSA) is 78.8 Å². The predicted octanol–water partition coefficient (Wildman–Crippen LogP) is 0.769. The Balaban J connectivity index is 2.17. The van der Waals surface area contributed by atoms with Crippen molar-refractivity contribution in [2.24, 2.45) is 5.10 Å². The van der Waals surface area contributed by atoms with Crippen molar-refractivity contribution < 1.29 is 15.8 Å². The molecule has 19 heavy (non-hydrogen) atoms. The lowest BCUT2D eigenvalue weighted by atomic mass is 10.2. The molecule has 7 heteroatoms. The van der Waals surface area contributed by atoms with Gasteiger partial charge in [0.15, 0.2) is 0 Å². The molecule has 1 N–H and O–H groups in total. The van der Waals surface area contributed by atoms with Crippen molar-refractivity contribution >= 4 is 36.2 Å². The van der Waals surface area contributed by atoms with E-state index in [0.29, 0.717) is 32.2 Å². The van der Waals surface area contributed by atoms with Gasteiger partial charge in [0.05, 0.1) is 6.62 Å². The normalized spacial score (nSPS) is 20.2. The second-order valence-electron chi connectivity index (χ2n) is 4.29. The van der Waals surface area contributed by atoms with Crippen LogP contribution in [0.3, 0.4) is 0 Å². The molecule has 106 valence electrons. The van der Waals surface area contributed by atoms with E-state index in [1.807, 2.05) is 6.26 Å². The lowest BCUT2D eigenvalue weighted by Gasteiger charge is -2.14. The summed E-state index contributed by atoms with van der Waals surface area (Å²) in [4.78, 5) is 36.0. The minimum absolute atomic E-state index is 0.0926. The number of carbonyl (C=O) groups is 3. The van der Waals surface area contributed by atoms with Crippen LogP contribution in [-0.4, -0.2) is 47.4 Å². The van der Waals surface area contributed by atoms with E-state index in [9.17, 15) is 14.4 Å². The minimum Gasteiger partial charge on any atom is -0.282 e. The van der Waals surface area contributed by atoms with Gasteiger partial charge in [-0.2, -0.15) is 16.9 Å². The van der Waals surface area contributed by atoms with Crippen molar-refractivity contribution in [2.45, 2.75) is 37.4 Å². The first-order valence-corrected chi connectivity index (χ1v) is 7.44. The minimum atomic E-state index is -0.232. The number of unbranched alkanes of at least 4 members (excludes halogenated alkanes) is 2. The summed E-state index contributed by atoms with van der Waals surface area (Å²) in [6.07, 6.45) is 4.59. The van der Waals surface area contributed by atoms with Gasteiger partial charge in [-0.15, -0.1) is 0 Å². The summed E-state index contributed by atoms with van der Waals surface area (Å²) in [5.41, 5.74) is 2.21. The van der Waals surface area contributed by atoms with Crippen LogP contribution in [0.2, 0.25) is 0 Å². The molecule has 0 bridgehead atoms. The number of likely N-dealkylation sites (tertiary alicyclic amines) is 1. The molecule has 6 nitrogen and oxygen atoms in total. The van der Waals surface area contributed by atoms with E-state index in [-0.39, 0.29) is 23.0 Å². The molecule has 0 aromatic rings. The Morgan fingerprint density at radius 3 is 3.00 bits per heavy atom. The van der Waals surface area contributed by atoms with Crippen LogP contribution >= 0.6 is 11.8 Å². The van der Waals surface area contributed by atoms with Crippen LogP contribution in [0, 0.1) is 0 Å². The quantitative estimate of drug-likeness (QED) is 0.309. The van der Waals surface area contributed by atoms with Crippen LogP contribution < -0.4 is 5.43 Å². The number of amides is 3. The van der Waals surface area contributed by atoms with Gasteiger partial charge < -0.3 is 0 Å². The molecule has 0 aromatic heterocycles. The highest BCUT2D eigenvalue weighted by molar-refractivity contribution is 8.00. The molecule has 0 aliphatic carbocycles. The van der Waals surface area contributed by atoms with Crippen LogP contribution in [-0.2, 0) is 14.4 Å². The average molecular weight is 286 g/mol. The molecular formula is C12H19N3O3S. The highest BCUT2D eigenvalue weighted by Crippen LogP contribution is 2.23. The van der Waals surface area contributed by atoms with Crippen molar-refractivity contribution in [3.8, 4) is 0 Å². The fourth-order valence-corrected chi connectivity index (χ4v) is 2.57. The molecule has 1 aliphatic heterocycles. The molecule has 1 unspecified atom stereocenters. The maximum Gasteiger partial charge on any atom is 0.242 e. The largest absolute Gasteiger partial charge is 0.282 e. The second kappa shape index (κ2) is 7.93. The summed E-state index contributed by atoms with van der Waals surface area (Å²) in [5.74, 6) is -0.425. The van der Waals surface area contributed by atoms with Gasteiger partial charge in [0, 0.05) is 26.1 Å². The van der Waals surface area contributed by atoms with Gasteiger partial charge in [0.1, 0.15) is 0 Å². The SMILES string of the molecule is [2H]C=NNC(=O)CCCCCN1C(=O)CC(SC)C1=O. The van der Waals surface area contributed by atoms with Crippen molar-refractivity contribution in [2.75, 3.05) is 12.8 Å². The Hall–Kier alpha value is -1.37. The maximum absolute atomic E-state index is 11.8. The van der Waals surface area contributed by atoms with Gasteiger partial charge in [-0.1, -0.05) is 6.42 Å². The summed E-state index contributed by atoms with van der Waals surface area (Å²) >= 11 is 1.41. The van der Waals surface area contributed by atoms with E-state index in [2.05, 4.69) is 10.5 Å². The Labute approximate surface area is 118 Å². The number of thioether (sulfide) groups is 1. The summed E-state index contributed by atoms with van der Waals surface area (Å²) in [6.45, 7) is 1.20. The zero-order valence-corrected chi connectivity index (χ0v) is 11.7. The summed E-state index contributed by atoms with van der Waals surface area (Å²) in [5, 5.41) is 3.09. The molecule has 3 amide bonds. The third-order valence-electron chi connectivity index (χ3n) is 2.96. The maximum atomic E-state index is 11.8. The summed E-state index contributed by atoms with van der Waals surface area (Å²) in [7, 11) is 0. The van der Waals surface area contributed by atoms with E-state index in [1.54, 1.807) is 0 Å². The zero-order chi connectivity index (χ0) is 15.0. The molecule has 0 saturated carbocycles. The van der Waals surface area contributed by atoms with Crippen LogP contribution in [0.1, 0.15) is 33.5 Å². The van der Waals surface area contributed by atoms with Crippen LogP contribution in [0.25, 0.3) is 0 Å². The number of hydrazone groups is 1. The molecule has 0 aromatic carbocycles. The van der Waals surface area contributed by atoms with E-state index in [0.717, 1.165) is 13.1 Å². The number of rotatable bonds is 8. The Morgan fingerprint density at radius 1 is 1.58 bits per heavy atom. The molecule has 0 radical (unpaired) electrons. The molecular weight excluding hydrogens is 266 g/mol. The van der Waals surface area contributed by atoms with Gasteiger partial charge in [-0.25, -0.2) is 5.43 Å². The Kier molecular flexibility index (Phi) is 5.87. The molecule has 1 rings (SSSR count). The lowest BCUT2D eigenvalue weighted by molar-refractivity contribution is -0.138. The van der Waals surface area contributed by atoms with Gasteiger partial charge in [0.25, 0.3) is 0 Å². The number of hydrogen-bond acceptors (Lipinski definition) is 5. The smallest absolute Gasteiger partial charge is 0.242 e. The van der Waals surface area contributed by atoms with Crippen molar-refractivity contribution in [3.05, 3.63) is 0 Å². The van der Waals surface area contributed by atoms with Gasteiger partial charge in [-0.3, -0.25) is 19.3 Å². The predicted molar refractivity (Wildman–Crippen MR) is 74.8 cm³/mol. The molecule has 1 saturated heterocycles. The molecule has 0 spiro atoms. The first kappa shape index (κ1) is 14.0. The van der Waals surface area contributed by atoms with E-state index < -0.39 is 0 Å². The molecule has 1 fully saturated rings. The first-order chi connectivity index (χ1) is 9.60. The van der Waals surface area contributed by atoms with Crippen molar-refractivity contribution in [1.82, 2.24) is 10.3 Å². The van der Waals surface area contributed by atoms with E-state index in [4.69, 9.17) is 1.37 Å². The molecule has 1 atom stereocenters. The monoisotopic (exact) mass is 286 g/mol. The Bertz CT molecular complexity index is 403. The average Bonchev–Trinajstić information content (AvgIpc) is 2.71. The van der Waals surface area contributed by atoms with Gasteiger partial charge in [0.2, 0.25) is 17.7 Å². The lowest BCUT2D eigenvalue weighted by Crippen LogP contribution is -2.32. The van der Waals surface area contributed by atoms with Crippen LogP contribution in [0.4, 0.5) is 0 Å². The number of nitrogens with zero attached hydrogens (tertiary/aromatic N) is 2. The van der Waals surface area contributed by atoms with E-state index >= 15 is 0 Å². The zero-order valence-electron chi connectivity index (χ0n) is 11.9. The fraction of sp³-hybridized carbons (Fsp3) is 0.667. The molecule has 1 heterocycles. The third-order valence-corrected chi connectivity index (χ3v) is 3.90. The number of nitrogens with one attached hydrogen (secondary N) is 1. The van der Waals surface area contributed by atoms with Crippen molar-refractivity contribution in [1.29, 1.82) is 0 Å². The highest BCUT2D eigenvalue weighted by Gasteiger charge is 2.37. The summed E-state index contributed by atoms with van der Waals surface area (Å²) in [6, 6.07) is 0. The van der Waals surface area contributed by atoms with E-state index in [1.165, 1.54) is 16.7 Å². The van der Waals surface area contributed by atoms with Gasteiger partial charge >= 0.3 is 0 Å². The fourth-order valence-electron chi connectivity index (χ4n) is 1.93. The highest BCUT2D eigenvalue weighted by atomic mass is 32.2. The van der Waals surface area contributed by atoms with Gasteiger partial charge in [-0.05, 0) is 19.1 Å². The Morgan fingerprint density at radius 2 is 2.37 bits per heavy atom.